The van der Waals surface area contributed by atoms with Gasteiger partial charge in [-0.25, -0.2) is 0 Å². The number of rotatable bonds is 4. The van der Waals surface area contributed by atoms with Crippen LogP contribution in [0.15, 0.2) is 24.3 Å². The summed E-state index contributed by atoms with van der Waals surface area (Å²) in [5.41, 5.74) is 2.38. The average molecular weight is 230 g/mol. The normalized spacial score (nSPS) is 23.2. The molecule has 2 nitrogen and oxygen atoms in total. The van der Waals surface area contributed by atoms with Crippen molar-refractivity contribution < 1.29 is 9.53 Å². The van der Waals surface area contributed by atoms with Crippen LogP contribution in [0.5, 0.6) is 0 Å². The lowest BCUT2D eigenvalue weighted by Gasteiger charge is -2.25. The van der Waals surface area contributed by atoms with Crippen molar-refractivity contribution in [3.63, 3.8) is 0 Å². The molecular formula is C15H18O2. The highest BCUT2D eigenvalue weighted by atomic mass is 16.5. The third-order valence-electron chi connectivity index (χ3n) is 3.78. The topological polar surface area (TPSA) is 26.3 Å². The van der Waals surface area contributed by atoms with Gasteiger partial charge < -0.3 is 4.74 Å². The van der Waals surface area contributed by atoms with E-state index >= 15 is 0 Å². The van der Waals surface area contributed by atoms with Crippen LogP contribution in [0.2, 0.25) is 0 Å². The maximum absolute atomic E-state index is 12.2. The fraction of sp³-hybridized carbons (Fsp3) is 0.533. The van der Waals surface area contributed by atoms with Gasteiger partial charge in [0.1, 0.15) is 6.10 Å². The highest BCUT2D eigenvalue weighted by Crippen LogP contribution is 2.35. The van der Waals surface area contributed by atoms with Gasteiger partial charge in [0, 0.05) is 6.42 Å². The minimum atomic E-state index is -0.293. The summed E-state index contributed by atoms with van der Waals surface area (Å²) < 4.78 is 5.67. The number of hydrogen-bond donors (Lipinski definition) is 0. The maximum Gasteiger partial charge on any atom is 0.166 e. The zero-order valence-electron chi connectivity index (χ0n) is 10.0. The van der Waals surface area contributed by atoms with E-state index in [4.69, 9.17) is 4.74 Å². The Morgan fingerprint density at radius 1 is 1.29 bits per heavy atom. The van der Waals surface area contributed by atoms with Crippen molar-refractivity contribution in [3.8, 4) is 0 Å². The first-order chi connectivity index (χ1) is 8.34. The average Bonchev–Trinajstić information content (AvgIpc) is 3.19. The summed E-state index contributed by atoms with van der Waals surface area (Å²) >= 11 is 0. The number of hydrogen-bond acceptors (Lipinski definition) is 2. The van der Waals surface area contributed by atoms with Gasteiger partial charge in [-0.05, 0) is 29.9 Å². The van der Waals surface area contributed by atoms with E-state index in [2.05, 4.69) is 6.07 Å². The minimum Gasteiger partial charge on any atom is -0.365 e. The number of ketones is 1. The first-order valence-corrected chi connectivity index (χ1v) is 6.57. The highest BCUT2D eigenvalue weighted by molar-refractivity contribution is 5.85. The minimum absolute atomic E-state index is 0.268. The lowest BCUT2D eigenvalue weighted by Crippen LogP contribution is -2.23. The van der Waals surface area contributed by atoms with E-state index < -0.39 is 0 Å². The lowest BCUT2D eigenvalue weighted by atomic mass is 9.93. The van der Waals surface area contributed by atoms with Gasteiger partial charge in [0.2, 0.25) is 0 Å². The number of ether oxygens (including phenoxy) is 1. The lowest BCUT2D eigenvalue weighted by molar-refractivity contribution is -0.132. The van der Waals surface area contributed by atoms with Gasteiger partial charge in [0.25, 0.3) is 0 Å². The standard InChI is InChI=1S/C15H18O2/c16-14(8-7-11-5-6-11)15-13-4-2-1-3-12(13)9-10-17-15/h1-4,11,15H,5-10H2. The number of benzene rings is 1. The molecule has 1 aromatic carbocycles. The van der Waals surface area contributed by atoms with Crippen LogP contribution in [-0.2, 0) is 16.0 Å². The molecule has 17 heavy (non-hydrogen) atoms. The zero-order valence-corrected chi connectivity index (χ0v) is 10.0. The second kappa shape index (κ2) is 4.61. The molecule has 1 fully saturated rings. The van der Waals surface area contributed by atoms with E-state index in [0.717, 1.165) is 24.3 Å². The number of carbonyl (C=O) groups excluding carboxylic acids is 1. The molecule has 0 N–H and O–H groups in total. The SMILES string of the molecule is O=C(CCC1CC1)C1OCCc2ccccc21. The molecule has 2 aliphatic rings. The summed E-state index contributed by atoms with van der Waals surface area (Å²) in [5.74, 6) is 1.09. The van der Waals surface area contributed by atoms with Gasteiger partial charge in [-0.1, -0.05) is 37.1 Å². The Balaban J connectivity index is 1.72. The molecule has 90 valence electrons. The van der Waals surface area contributed by atoms with Crippen LogP contribution in [0, 0.1) is 5.92 Å². The van der Waals surface area contributed by atoms with E-state index in [1.54, 1.807) is 0 Å². The Hall–Kier alpha value is -1.15. The monoisotopic (exact) mass is 230 g/mol. The van der Waals surface area contributed by atoms with Crippen molar-refractivity contribution in [1.82, 2.24) is 0 Å². The molecular weight excluding hydrogens is 212 g/mol. The molecule has 0 amide bonds. The Morgan fingerprint density at radius 2 is 2.12 bits per heavy atom. The number of Topliss-reactive ketones (excluding diaryl/α,β-unsaturated/α-hetero) is 1. The molecule has 1 heterocycles. The molecule has 1 unspecified atom stereocenters. The third-order valence-corrected chi connectivity index (χ3v) is 3.78. The Morgan fingerprint density at radius 3 is 2.94 bits per heavy atom. The van der Waals surface area contributed by atoms with E-state index in [1.807, 2.05) is 18.2 Å². The molecule has 2 heteroatoms. The van der Waals surface area contributed by atoms with Crippen molar-refractivity contribution >= 4 is 5.78 Å². The number of fused-ring (bicyclic) bond motifs is 1. The van der Waals surface area contributed by atoms with E-state index in [-0.39, 0.29) is 11.9 Å². The van der Waals surface area contributed by atoms with E-state index in [1.165, 1.54) is 18.4 Å². The van der Waals surface area contributed by atoms with E-state index in [0.29, 0.717) is 13.0 Å². The van der Waals surface area contributed by atoms with Crippen LogP contribution < -0.4 is 0 Å². The largest absolute Gasteiger partial charge is 0.365 e. The molecule has 0 spiro atoms. The van der Waals surface area contributed by atoms with Crippen molar-refractivity contribution in [2.45, 2.75) is 38.2 Å². The summed E-state index contributed by atoms with van der Waals surface area (Å²) in [7, 11) is 0. The molecule has 1 aliphatic heterocycles. The van der Waals surface area contributed by atoms with Gasteiger partial charge in [0.15, 0.2) is 5.78 Å². The van der Waals surface area contributed by atoms with Gasteiger partial charge in [0.05, 0.1) is 6.61 Å². The Kier molecular flexibility index (Phi) is 2.98. The van der Waals surface area contributed by atoms with Crippen LogP contribution in [-0.4, -0.2) is 12.4 Å². The second-order valence-electron chi connectivity index (χ2n) is 5.15. The Labute approximate surface area is 102 Å². The van der Waals surface area contributed by atoms with Gasteiger partial charge in [-0.2, -0.15) is 0 Å². The molecule has 1 saturated carbocycles. The molecule has 0 radical (unpaired) electrons. The first-order valence-electron chi connectivity index (χ1n) is 6.57. The van der Waals surface area contributed by atoms with Gasteiger partial charge in [-0.3, -0.25) is 4.79 Å². The van der Waals surface area contributed by atoms with Crippen LogP contribution in [0.1, 0.15) is 42.9 Å². The molecule has 1 aromatic rings. The van der Waals surface area contributed by atoms with Crippen LogP contribution in [0.3, 0.4) is 0 Å². The summed E-state index contributed by atoms with van der Waals surface area (Å²) in [6, 6.07) is 8.18. The quantitative estimate of drug-likeness (QED) is 0.794. The van der Waals surface area contributed by atoms with Crippen LogP contribution >= 0.6 is 0 Å². The molecule has 1 aliphatic carbocycles. The maximum atomic E-state index is 12.2. The third kappa shape index (κ3) is 2.42. The summed E-state index contributed by atoms with van der Waals surface area (Å²) in [6.45, 7) is 0.677. The van der Waals surface area contributed by atoms with Crippen molar-refractivity contribution in [1.29, 1.82) is 0 Å². The van der Waals surface area contributed by atoms with E-state index in [9.17, 15) is 4.79 Å². The number of carbonyl (C=O) groups is 1. The predicted molar refractivity (Wildman–Crippen MR) is 65.8 cm³/mol. The summed E-state index contributed by atoms with van der Waals surface area (Å²) in [5, 5.41) is 0. The fourth-order valence-electron chi connectivity index (χ4n) is 2.54. The zero-order chi connectivity index (χ0) is 11.7. The molecule has 0 aromatic heterocycles. The predicted octanol–water partition coefficient (Wildman–Crippen LogP) is 3.06. The van der Waals surface area contributed by atoms with Gasteiger partial charge >= 0.3 is 0 Å². The van der Waals surface area contributed by atoms with Crippen molar-refractivity contribution in [2.75, 3.05) is 6.61 Å². The first kappa shape index (κ1) is 11.0. The smallest absolute Gasteiger partial charge is 0.166 e. The summed E-state index contributed by atoms with van der Waals surface area (Å²) in [6.07, 6.45) is 5.01. The highest BCUT2D eigenvalue weighted by Gasteiger charge is 2.29. The van der Waals surface area contributed by atoms with Crippen molar-refractivity contribution in [2.24, 2.45) is 5.92 Å². The second-order valence-corrected chi connectivity index (χ2v) is 5.15. The fourth-order valence-corrected chi connectivity index (χ4v) is 2.54. The molecule has 0 bridgehead atoms. The molecule has 0 saturated heterocycles. The van der Waals surface area contributed by atoms with Crippen LogP contribution in [0.4, 0.5) is 0 Å². The Bertz CT molecular complexity index is 421. The van der Waals surface area contributed by atoms with Crippen molar-refractivity contribution in [3.05, 3.63) is 35.4 Å². The van der Waals surface area contributed by atoms with Crippen LogP contribution in [0.25, 0.3) is 0 Å². The molecule has 1 atom stereocenters. The van der Waals surface area contributed by atoms with Gasteiger partial charge in [-0.15, -0.1) is 0 Å². The summed E-state index contributed by atoms with van der Waals surface area (Å²) in [4.78, 5) is 12.2. The molecule has 3 rings (SSSR count).